The lowest BCUT2D eigenvalue weighted by atomic mass is 10.1. The molecule has 120 valence electrons. The van der Waals surface area contributed by atoms with Crippen LogP contribution >= 0.6 is 27.5 Å². The van der Waals surface area contributed by atoms with E-state index in [1.165, 1.54) is 0 Å². The van der Waals surface area contributed by atoms with Gasteiger partial charge in [-0.15, -0.1) is 0 Å². The van der Waals surface area contributed by atoms with Crippen LogP contribution in [-0.4, -0.2) is 18.4 Å². The number of carbonyl (C=O) groups is 2. The van der Waals surface area contributed by atoms with Crippen LogP contribution in [0.15, 0.2) is 53.0 Å². The summed E-state index contributed by atoms with van der Waals surface area (Å²) in [6, 6.07) is 14.1. The summed E-state index contributed by atoms with van der Waals surface area (Å²) in [5.41, 5.74) is 1.41. The highest BCUT2D eigenvalue weighted by Gasteiger charge is 2.11. The normalized spacial score (nSPS) is 11.6. The highest BCUT2D eigenvalue weighted by molar-refractivity contribution is 9.10. The largest absolute Gasteiger partial charge is 0.348 e. The fourth-order valence-corrected chi connectivity index (χ4v) is 2.47. The van der Waals surface area contributed by atoms with Gasteiger partial charge in [0.1, 0.15) is 0 Å². The van der Waals surface area contributed by atoms with E-state index in [0.29, 0.717) is 10.6 Å². The molecule has 2 aromatic carbocycles. The predicted octanol–water partition coefficient (Wildman–Crippen LogP) is 3.71. The van der Waals surface area contributed by atoms with Crippen LogP contribution in [0.2, 0.25) is 5.02 Å². The highest BCUT2D eigenvalue weighted by Crippen LogP contribution is 2.16. The number of rotatable bonds is 5. The Morgan fingerprint density at radius 1 is 1.17 bits per heavy atom. The van der Waals surface area contributed by atoms with Crippen molar-refractivity contribution < 1.29 is 9.59 Å². The smallest absolute Gasteiger partial charge is 0.251 e. The lowest BCUT2D eigenvalue weighted by Gasteiger charge is -2.15. The molecule has 0 radical (unpaired) electrons. The molecule has 2 amide bonds. The fraction of sp³-hybridized carbons (Fsp3) is 0.176. The second-order valence-electron chi connectivity index (χ2n) is 5.03. The number of hydrogen-bond donors (Lipinski definition) is 2. The van der Waals surface area contributed by atoms with Crippen molar-refractivity contribution in [3.05, 3.63) is 69.2 Å². The number of benzene rings is 2. The first kappa shape index (κ1) is 17.5. The van der Waals surface area contributed by atoms with E-state index < -0.39 is 0 Å². The summed E-state index contributed by atoms with van der Waals surface area (Å²) >= 11 is 9.21. The molecule has 0 fully saturated rings. The van der Waals surface area contributed by atoms with Crippen molar-refractivity contribution in [1.82, 2.24) is 10.6 Å². The fourth-order valence-electron chi connectivity index (χ4n) is 2.02. The standard InChI is InChI=1S/C17H16BrClN2O2/c1-11(12-5-7-14(18)8-6-12)21-16(22)10-20-17(23)13-3-2-4-15(19)9-13/h2-9,11H,10H2,1H3,(H,20,23)(H,21,22). The lowest BCUT2D eigenvalue weighted by Crippen LogP contribution is -2.38. The molecule has 0 aliphatic rings. The van der Waals surface area contributed by atoms with E-state index in [4.69, 9.17) is 11.6 Å². The van der Waals surface area contributed by atoms with Gasteiger partial charge in [-0.2, -0.15) is 0 Å². The van der Waals surface area contributed by atoms with E-state index in [1.54, 1.807) is 24.3 Å². The van der Waals surface area contributed by atoms with Crippen molar-refractivity contribution >= 4 is 39.3 Å². The molecular formula is C17H16BrClN2O2. The Morgan fingerprint density at radius 3 is 2.52 bits per heavy atom. The van der Waals surface area contributed by atoms with Crippen LogP contribution < -0.4 is 10.6 Å². The first-order chi connectivity index (χ1) is 11.0. The topological polar surface area (TPSA) is 58.2 Å². The summed E-state index contributed by atoms with van der Waals surface area (Å²) in [5.74, 6) is -0.588. The molecule has 0 aliphatic carbocycles. The average Bonchev–Trinajstić information content (AvgIpc) is 2.53. The Morgan fingerprint density at radius 2 is 1.87 bits per heavy atom. The number of amides is 2. The minimum absolute atomic E-state index is 0.0911. The van der Waals surface area contributed by atoms with Crippen molar-refractivity contribution in [2.75, 3.05) is 6.54 Å². The molecule has 0 aliphatic heterocycles. The van der Waals surface area contributed by atoms with E-state index >= 15 is 0 Å². The minimum atomic E-state index is -0.334. The van der Waals surface area contributed by atoms with E-state index in [-0.39, 0.29) is 24.4 Å². The first-order valence-electron chi connectivity index (χ1n) is 7.04. The van der Waals surface area contributed by atoms with Crippen molar-refractivity contribution in [2.24, 2.45) is 0 Å². The van der Waals surface area contributed by atoms with Crippen molar-refractivity contribution in [3.8, 4) is 0 Å². The van der Waals surface area contributed by atoms with Gasteiger partial charge in [0.2, 0.25) is 5.91 Å². The number of halogens is 2. The lowest BCUT2D eigenvalue weighted by molar-refractivity contribution is -0.120. The van der Waals surface area contributed by atoms with Gasteiger partial charge < -0.3 is 10.6 Å². The minimum Gasteiger partial charge on any atom is -0.348 e. The van der Waals surface area contributed by atoms with E-state index in [0.717, 1.165) is 10.0 Å². The Balaban J connectivity index is 1.85. The molecule has 6 heteroatoms. The van der Waals surface area contributed by atoms with Gasteiger partial charge in [0.05, 0.1) is 12.6 Å². The number of nitrogens with one attached hydrogen (secondary N) is 2. The predicted molar refractivity (Wildman–Crippen MR) is 94.5 cm³/mol. The van der Waals surface area contributed by atoms with Crippen LogP contribution in [0.5, 0.6) is 0 Å². The maximum absolute atomic E-state index is 11.9. The third kappa shape index (κ3) is 5.37. The second-order valence-corrected chi connectivity index (χ2v) is 6.39. The summed E-state index contributed by atoms with van der Waals surface area (Å²) < 4.78 is 0.980. The molecule has 1 unspecified atom stereocenters. The molecular weight excluding hydrogens is 380 g/mol. The van der Waals surface area contributed by atoms with Crippen molar-refractivity contribution in [3.63, 3.8) is 0 Å². The van der Waals surface area contributed by atoms with Gasteiger partial charge in [0.15, 0.2) is 0 Å². The van der Waals surface area contributed by atoms with Gasteiger partial charge in [-0.3, -0.25) is 9.59 Å². The Labute approximate surface area is 148 Å². The summed E-state index contributed by atoms with van der Waals surface area (Å²) in [4.78, 5) is 23.9. The maximum atomic E-state index is 11.9. The zero-order valence-electron chi connectivity index (χ0n) is 12.5. The summed E-state index contributed by atoms with van der Waals surface area (Å²) in [5, 5.41) is 5.89. The molecule has 0 aromatic heterocycles. The summed E-state index contributed by atoms with van der Waals surface area (Å²) in [6.07, 6.45) is 0. The van der Waals surface area contributed by atoms with Gasteiger partial charge >= 0.3 is 0 Å². The quantitative estimate of drug-likeness (QED) is 0.811. The first-order valence-corrected chi connectivity index (χ1v) is 8.21. The maximum Gasteiger partial charge on any atom is 0.251 e. The highest BCUT2D eigenvalue weighted by atomic mass is 79.9. The summed E-state index contributed by atoms with van der Waals surface area (Å²) in [7, 11) is 0. The zero-order chi connectivity index (χ0) is 16.8. The molecule has 0 heterocycles. The molecule has 4 nitrogen and oxygen atoms in total. The average molecular weight is 396 g/mol. The SMILES string of the molecule is CC(NC(=O)CNC(=O)c1cccc(Cl)c1)c1ccc(Br)cc1. The van der Waals surface area contributed by atoms with Crippen LogP contribution in [0.1, 0.15) is 28.9 Å². The Hall–Kier alpha value is -1.85. The molecule has 0 spiro atoms. The summed E-state index contributed by atoms with van der Waals surface area (Å²) in [6.45, 7) is 1.80. The van der Waals surface area contributed by atoms with Gasteiger partial charge in [-0.05, 0) is 42.8 Å². The van der Waals surface area contributed by atoms with E-state index in [9.17, 15) is 9.59 Å². The number of hydrogen-bond acceptors (Lipinski definition) is 2. The van der Waals surface area contributed by atoms with Gasteiger partial charge in [-0.1, -0.05) is 45.7 Å². The Kier molecular flexibility index (Phi) is 6.19. The van der Waals surface area contributed by atoms with Gasteiger partial charge in [0.25, 0.3) is 5.91 Å². The Bertz CT molecular complexity index is 704. The second kappa shape index (κ2) is 8.13. The van der Waals surface area contributed by atoms with Gasteiger partial charge in [0, 0.05) is 15.1 Å². The molecule has 2 aromatic rings. The van der Waals surface area contributed by atoms with Gasteiger partial charge in [-0.25, -0.2) is 0 Å². The number of carbonyl (C=O) groups excluding carboxylic acids is 2. The van der Waals surface area contributed by atoms with E-state index in [1.807, 2.05) is 31.2 Å². The molecule has 1 atom stereocenters. The molecule has 0 saturated heterocycles. The molecule has 0 bridgehead atoms. The third-order valence-electron chi connectivity index (χ3n) is 3.24. The molecule has 2 N–H and O–H groups in total. The zero-order valence-corrected chi connectivity index (χ0v) is 14.8. The van der Waals surface area contributed by atoms with Crippen molar-refractivity contribution in [2.45, 2.75) is 13.0 Å². The monoisotopic (exact) mass is 394 g/mol. The van der Waals surface area contributed by atoms with Crippen LogP contribution in [-0.2, 0) is 4.79 Å². The molecule has 0 saturated carbocycles. The van der Waals surface area contributed by atoms with E-state index in [2.05, 4.69) is 26.6 Å². The van der Waals surface area contributed by atoms with Crippen LogP contribution in [0.4, 0.5) is 0 Å². The van der Waals surface area contributed by atoms with Crippen molar-refractivity contribution in [1.29, 1.82) is 0 Å². The molecule has 23 heavy (non-hydrogen) atoms. The third-order valence-corrected chi connectivity index (χ3v) is 4.01. The molecule has 2 rings (SSSR count). The van der Waals surface area contributed by atoms with Crippen LogP contribution in [0.25, 0.3) is 0 Å². The van der Waals surface area contributed by atoms with Crippen LogP contribution in [0, 0.1) is 0 Å². The van der Waals surface area contributed by atoms with Crippen LogP contribution in [0.3, 0.4) is 0 Å².